The van der Waals surface area contributed by atoms with Crippen LogP contribution in [0.2, 0.25) is 0 Å². The van der Waals surface area contributed by atoms with Gasteiger partial charge in [0, 0.05) is 20.1 Å². The Morgan fingerprint density at radius 2 is 2.00 bits per heavy atom. The van der Waals surface area contributed by atoms with Crippen LogP contribution in [0.4, 0.5) is 0 Å². The molecular weight excluding hydrogens is 272 g/mol. The van der Waals surface area contributed by atoms with E-state index in [0.29, 0.717) is 0 Å². The fourth-order valence-electron chi connectivity index (χ4n) is 2.79. The molecule has 1 aliphatic heterocycles. The first-order valence-corrected chi connectivity index (χ1v) is 7.29. The zero-order valence-electron chi connectivity index (χ0n) is 12.0. The lowest BCUT2D eigenvalue weighted by Gasteiger charge is -2.29. The van der Waals surface area contributed by atoms with Gasteiger partial charge in [0.1, 0.15) is 0 Å². The largest absolute Gasteiger partial charge is 0.344 e. The fraction of sp³-hybridized carbons (Fsp3) is 0.562. The molecule has 0 saturated heterocycles. The highest BCUT2D eigenvalue weighted by Crippen LogP contribution is 2.32. The monoisotopic (exact) mass is 294 g/mol. The van der Waals surface area contributed by atoms with Crippen LogP contribution in [0.3, 0.4) is 0 Å². The van der Waals surface area contributed by atoms with Gasteiger partial charge in [-0.05, 0) is 29.9 Å². The third-order valence-electron chi connectivity index (χ3n) is 4.33. The van der Waals surface area contributed by atoms with E-state index in [1.165, 1.54) is 30.4 Å². The summed E-state index contributed by atoms with van der Waals surface area (Å²) in [6, 6.07) is 8.35. The van der Waals surface area contributed by atoms with Crippen LogP contribution in [0.25, 0.3) is 0 Å². The first kappa shape index (κ1) is 15.3. The van der Waals surface area contributed by atoms with E-state index in [4.69, 9.17) is 0 Å². The smallest absolute Gasteiger partial charge is 0.239 e. The SMILES string of the molecule is CN(CCC1CC1)C(=O)C1Cc2ccccc2CN1.Cl. The second-order valence-electron chi connectivity index (χ2n) is 5.90. The van der Waals surface area contributed by atoms with Gasteiger partial charge in [-0.3, -0.25) is 4.79 Å². The normalized spacial score (nSPS) is 20.8. The molecule has 1 saturated carbocycles. The molecule has 1 unspecified atom stereocenters. The van der Waals surface area contributed by atoms with Crippen LogP contribution in [0.1, 0.15) is 30.4 Å². The second-order valence-corrected chi connectivity index (χ2v) is 5.90. The Labute approximate surface area is 127 Å². The van der Waals surface area contributed by atoms with Crippen molar-refractivity contribution < 1.29 is 4.79 Å². The van der Waals surface area contributed by atoms with Gasteiger partial charge in [-0.15, -0.1) is 12.4 Å². The highest BCUT2D eigenvalue weighted by atomic mass is 35.5. The maximum atomic E-state index is 12.4. The standard InChI is InChI=1S/C16H22N2O.ClH/c1-18(9-8-12-6-7-12)16(19)15-10-13-4-2-3-5-14(13)11-17-15;/h2-5,12,15,17H,6-11H2,1H3;1H. The number of halogens is 1. The molecule has 0 radical (unpaired) electrons. The van der Waals surface area contributed by atoms with Crippen molar-refractivity contribution in [2.45, 2.75) is 38.3 Å². The number of hydrogen-bond donors (Lipinski definition) is 1. The number of carbonyl (C=O) groups excluding carboxylic acids is 1. The molecule has 1 N–H and O–H groups in total. The van der Waals surface area contributed by atoms with Gasteiger partial charge in [-0.2, -0.15) is 0 Å². The van der Waals surface area contributed by atoms with E-state index in [9.17, 15) is 4.79 Å². The Balaban J connectivity index is 0.00000147. The van der Waals surface area contributed by atoms with Gasteiger partial charge in [0.2, 0.25) is 5.91 Å². The lowest BCUT2D eigenvalue weighted by Crippen LogP contribution is -2.48. The summed E-state index contributed by atoms with van der Waals surface area (Å²) in [5, 5.41) is 3.37. The summed E-state index contributed by atoms with van der Waals surface area (Å²) in [6.45, 7) is 1.71. The van der Waals surface area contributed by atoms with Gasteiger partial charge in [0.15, 0.2) is 0 Å². The number of hydrogen-bond acceptors (Lipinski definition) is 2. The summed E-state index contributed by atoms with van der Waals surface area (Å²) < 4.78 is 0. The number of carbonyl (C=O) groups is 1. The van der Waals surface area contributed by atoms with Crippen LogP contribution in [-0.2, 0) is 17.8 Å². The highest BCUT2D eigenvalue weighted by Gasteiger charge is 2.27. The first-order valence-electron chi connectivity index (χ1n) is 7.29. The van der Waals surface area contributed by atoms with Gasteiger partial charge in [-0.25, -0.2) is 0 Å². The molecule has 4 heteroatoms. The number of rotatable bonds is 4. The molecule has 1 aromatic rings. The van der Waals surface area contributed by atoms with Gasteiger partial charge < -0.3 is 10.2 Å². The molecule has 0 bridgehead atoms. The van der Waals surface area contributed by atoms with Crippen molar-refractivity contribution in [2.75, 3.05) is 13.6 Å². The third kappa shape index (κ3) is 3.53. The average molecular weight is 295 g/mol. The van der Waals surface area contributed by atoms with E-state index in [-0.39, 0.29) is 24.4 Å². The molecule has 1 fully saturated rings. The van der Waals surface area contributed by atoms with Crippen molar-refractivity contribution in [3.63, 3.8) is 0 Å². The maximum absolute atomic E-state index is 12.4. The van der Waals surface area contributed by atoms with Crippen LogP contribution < -0.4 is 5.32 Å². The summed E-state index contributed by atoms with van der Waals surface area (Å²) in [7, 11) is 1.94. The van der Waals surface area contributed by atoms with Gasteiger partial charge in [-0.1, -0.05) is 37.1 Å². The molecule has 1 aliphatic carbocycles. The topological polar surface area (TPSA) is 32.3 Å². The van der Waals surface area contributed by atoms with Crippen molar-refractivity contribution in [2.24, 2.45) is 5.92 Å². The molecule has 110 valence electrons. The van der Waals surface area contributed by atoms with Crippen molar-refractivity contribution in [1.29, 1.82) is 0 Å². The lowest BCUT2D eigenvalue weighted by molar-refractivity contribution is -0.132. The molecule has 1 heterocycles. The molecule has 3 rings (SSSR count). The van der Waals surface area contributed by atoms with Crippen LogP contribution in [0.5, 0.6) is 0 Å². The predicted molar refractivity (Wildman–Crippen MR) is 83.0 cm³/mol. The maximum Gasteiger partial charge on any atom is 0.239 e. The number of amides is 1. The van der Waals surface area contributed by atoms with Crippen LogP contribution in [0, 0.1) is 5.92 Å². The third-order valence-corrected chi connectivity index (χ3v) is 4.33. The highest BCUT2D eigenvalue weighted by molar-refractivity contribution is 5.85. The van der Waals surface area contributed by atoms with Gasteiger partial charge in [0.25, 0.3) is 0 Å². The zero-order valence-corrected chi connectivity index (χ0v) is 12.8. The predicted octanol–water partition coefficient (Wildman–Crippen LogP) is 2.38. The molecule has 20 heavy (non-hydrogen) atoms. The summed E-state index contributed by atoms with van der Waals surface area (Å²) >= 11 is 0. The molecular formula is C16H23ClN2O. The second kappa shape index (κ2) is 6.59. The van der Waals surface area contributed by atoms with Crippen LogP contribution in [-0.4, -0.2) is 30.4 Å². The number of nitrogens with one attached hydrogen (secondary N) is 1. The molecule has 1 atom stereocenters. The van der Waals surface area contributed by atoms with E-state index < -0.39 is 0 Å². The van der Waals surface area contributed by atoms with E-state index >= 15 is 0 Å². The van der Waals surface area contributed by atoms with Crippen LogP contribution in [0.15, 0.2) is 24.3 Å². The van der Waals surface area contributed by atoms with E-state index in [2.05, 4.69) is 29.6 Å². The summed E-state index contributed by atoms with van der Waals surface area (Å²) in [6.07, 6.45) is 4.71. The molecule has 2 aliphatic rings. The fourth-order valence-corrected chi connectivity index (χ4v) is 2.79. The Morgan fingerprint density at radius 1 is 1.30 bits per heavy atom. The Morgan fingerprint density at radius 3 is 2.70 bits per heavy atom. The Kier molecular flexibility index (Phi) is 5.06. The summed E-state index contributed by atoms with van der Waals surface area (Å²) in [4.78, 5) is 14.3. The average Bonchev–Trinajstić information content (AvgIpc) is 3.27. The minimum absolute atomic E-state index is 0. The van der Waals surface area contributed by atoms with Crippen molar-refractivity contribution in [3.05, 3.63) is 35.4 Å². The minimum Gasteiger partial charge on any atom is -0.344 e. The number of benzene rings is 1. The van der Waals surface area contributed by atoms with E-state index in [1.54, 1.807) is 0 Å². The van der Waals surface area contributed by atoms with Crippen LogP contribution >= 0.6 is 12.4 Å². The number of likely N-dealkylation sites (N-methyl/N-ethyl adjacent to an activating group) is 1. The van der Waals surface area contributed by atoms with Gasteiger partial charge >= 0.3 is 0 Å². The summed E-state index contributed by atoms with van der Waals surface area (Å²) in [5.41, 5.74) is 2.64. The Hall–Kier alpha value is -1.06. The van der Waals surface area contributed by atoms with Crippen molar-refractivity contribution >= 4 is 18.3 Å². The molecule has 1 aromatic carbocycles. The van der Waals surface area contributed by atoms with E-state index in [0.717, 1.165) is 25.4 Å². The lowest BCUT2D eigenvalue weighted by atomic mass is 9.95. The minimum atomic E-state index is -0.0425. The first-order chi connectivity index (χ1) is 9.24. The van der Waals surface area contributed by atoms with Gasteiger partial charge in [0.05, 0.1) is 6.04 Å². The summed E-state index contributed by atoms with van der Waals surface area (Å²) in [5.74, 6) is 1.13. The number of nitrogens with zero attached hydrogens (tertiary/aromatic N) is 1. The molecule has 1 amide bonds. The molecule has 0 spiro atoms. The number of fused-ring (bicyclic) bond motifs is 1. The Bertz CT molecular complexity index is 473. The van der Waals surface area contributed by atoms with Crippen molar-refractivity contribution in [3.8, 4) is 0 Å². The molecule has 0 aromatic heterocycles. The molecule has 3 nitrogen and oxygen atoms in total. The quantitative estimate of drug-likeness (QED) is 0.925. The zero-order chi connectivity index (χ0) is 13.2. The van der Waals surface area contributed by atoms with E-state index in [1.807, 2.05) is 11.9 Å². The van der Waals surface area contributed by atoms with Crippen molar-refractivity contribution in [1.82, 2.24) is 10.2 Å².